The maximum absolute atomic E-state index is 7.35. The Morgan fingerprint density at radius 2 is 1.36 bits per heavy atom. The molecule has 0 amide bonds. The summed E-state index contributed by atoms with van der Waals surface area (Å²) in [5, 5.41) is 8.78. The Kier molecular flexibility index (Phi) is 21.8. The van der Waals surface area contributed by atoms with Crippen LogP contribution in [0.25, 0.3) is 75.1 Å². The van der Waals surface area contributed by atoms with Gasteiger partial charge in [0.25, 0.3) is 0 Å². The van der Waals surface area contributed by atoms with Crippen LogP contribution in [0.4, 0.5) is 11.4 Å². The lowest BCUT2D eigenvalue weighted by atomic mass is 9.83. The average molecular weight is 1160 g/mol. The highest BCUT2D eigenvalue weighted by atomic mass is 16.3. The van der Waals surface area contributed by atoms with E-state index in [1.165, 1.54) is 125 Å². The average Bonchev–Trinajstić information content (AvgIpc) is 2.03. The van der Waals surface area contributed by atoms with Crippen LogP contribution in [0.1, 0.15) is 211 Å². The molecule has 2 saturated carbocycles. The zero-order chi connectivity index (χ0) is 60.7. The number of para-hydroxylation sites is 2. The van der Waals surface area contributed by atoms with E-state index in [0.29, 0.717) is 17.8 Å². The van der Waals surface area contributed by atoms with Gasteiger partial charge in [-0.2, -0.15) is 0 Å². The van der Waals surface area contributed by atoms with Gasteiger partial charge in [-0.15, -0.1) is 0 Å². The summed E-state index contributed by atoms with van der Waals surface area (Å²) in [4.78, 5) is 4.84. The summed E-state index contributed by atoms with van der Waals surface area (Å²) in [6.45, 7) is 25.4. The van der Waals surface area contributed by atoms with Crippen molar-refractivity contribution in [2.45, 2.75) is 195 Å². The molecule has 0 spiro atoms. The highest BCUT2D eigenvalue weighted by molar-refractivity contribution is 6.00. The van der Waals surface area contributed by atoms with Gasteiger partial charge in [-0.1, -0.05) is 250 Å². The third kappa shape index (κ3) is 14.1. The molecule has 452 valence electrons. The van der Waals surface area contributed by atoms with Gasteiger partial charge in [0.05, 0.1) is 23.3 Å². The highest BCUT2D eigenvalue weighted by Gasteiger charge is 2.25. The Bertz CT molecular complexity index is 4110. The first kappa shape index (κ1) is 62.5. The van der Waals surface area contributed by atoms with Crippen molar-refractivity contribution in [1.29, 1.82) is 0 Å². The number of anilines is 2. The number of allylic oxidation sites excluding steroid dienone is 10. The molecule has 10 rings (SSSR count). The van der Waals surface area contributed by atoms with Crippen molar-refractivity contribution < 1.29 is 8.83 Å². The predicted octanol–water partition coefficient (Wildman–Crippen LogP) is 20.1. The third-order valence-electron chi connectivity index (χ3n) is 19.1. The van der Waals surface area contributed by atoms with Crippen LogP contribution in [0.5, 0.6) is 0 Å². The molecular weight excluding hydrogens is 1060 g/mol. The van der Waals surface area contributed by atoms with E-state index in [1.54, 1.807) is 0 Å². The SMILES string of the molecule is C=C(/C=C\C(=C/C)N(\C=c1/oc2c(C3CCCCC3)cccc2/c1=C/C=C\C)C1=c2\ccc3ccc(N(\C(C)=c4/oc5c(CCCCCCC)cccc5/c4=C/C=C\C)c4ccc(C(CCC)CCC)cc4)c(c3c2=C)/C=C\C/C=C\1)C1CCCCC1. The Morgan fingerprint density at radius 1 is 0.678 bits per heavy atom. The predicted molar refractivity (Wildman–Crippen MR) is 378 cm³/mol. The minimum absolute atomic E-state index is 0.488. The van der Waals surface area contributed by atoms with Crippen molar-refractivity contribution in [1.82, 2.24) is 4.90 Å². The molecule has 0 aliphatic heterocycles. The van der Waals surface area contributed by atoms with Gasteiger partial charge < -0.3 is 18.6 Å². The van der Waals surface area contributed by atoms with E-state index < -0.39 is 0 Å². The van der Waals surface area contributed by atoms with Crippen LogP contribution in [0.15, 0.2) is 172 Å². The van der Waals surface area contributed by atoms with E-state index in [0.717, 1.165) is 131 Å². The first-order valence-electron chi connectivity index (χ1n) is 33.8. The van der Waals surface area contributed by atoms with Crippen molar-refractivity contribution >= 4 is 86.5 Å². The molecule has 5 aromatic carbocycles. The van der Waals surface area contributed by atoms with Gasteiger partial charge in [0.15, 0.2) is 10.8 Å². The van der Waals surface area contributed by atoms with Gasteiger partial charge in [0.2, 0.25) is 0 Å². The molecule has 2 heterocycles. The quantitative estimate of drug-likeness (QED) is 0.0472. The van der Waals surface area contributed by atoms with Gasteiger partial charge >= 0.3 is 0 Å². The number of aryl methyl sites for hydroxylation is 1. The summed E-state index contributed by atoms with van der Waals surface area (Å²) in [6.07, 6.45) is 56.4. The molecule has 3 aliphatic carbocycles. The first-order valence-corrected chi connectivity index (χ1v) is 33.8. The lowest BCUT2D eigenvalue weighted by Gasteiger charge is -2.29. The minimum atomic E-state index is 0.488. The summed E-state index contributed by atoms with van der Waals surface area (Å²) in [5.41, 5.74) is 15.3. The van der Waals surface area contributed by atoms with E-state index >= 15 is 0 Å². The molecule has 7 aromatic rings. The van der Waals surface area contributed by atoms with E-state index in [2.05, 4.69) is 228 Å². The van der Waals surface area contributed by atoms with Crippen LogP contribution in [0, 0.1) is 5.92 Å². The number of fused-ring (bicyclic) bond motifs is 3. The Morgan fingerprint density at radius 3 is 2.07 bits per heavy atom. The van der Waals surface area contributed by atoms with Gasteiger partial charge in [-0.3, -0.25) is 0 Å². The lowest BCUT2D eigenvalue weighted by Crippen LogP contribution is -2.34. The van der Waals surface area contributed by atoms with Crippen molar-refractivity contribution in [3.63, 3.8) is 0 Å². The third-order valence-corrected chi connectivity index (χ3v) is 19.1. The first-order chi connectivity index (χ1) is 42.7. The largest absolute Gasteiger partial charge is 0.454 e. The maximum atomic E-state index is 7.35. The summed E-state index contributed by atoms with van der Waals surface area (Å²) in [6, 6.07) is 32.3. The number of rotatable bonds is 23. The fourth-order valence-corrected chi connectivity index (χ4v) is 14.4. The highest BCUT2D eigenvalue weighted by Crippen LogP contribution is 2.40. The number of nitrogens with zero attached hydrogens (tertiary/aromatic N) is 2. The van der Waals surface area contributed by atoms with Crippen LogP contribution in [0.2, 0.25) is 0 Å². The molecule has 3 aliphatic rings. The zero-order valence-corrected chi connectivity index (χ0v) is 53.9. The molecule has 87 heavy (non-hydrogen) atoms. The van der Waals surface area contributed by atoms with Crippen LogP contribution in [-0.2, 0) is 6.42 Å². The Balaban J connectivity index is 1.24. The summed E-state index contributed by atoms with van der Waals surface area (Å²) >= 11 is 0. The van der Waals surface area contributed by atoms with Crippen molar-refractivity contribution in [2.24, 2.45) is 5.92 Å². The van der Waals surface area contributed by atoms with Gasteiger partial charge in [-0.05, 0) is 166 Å². The number of hydrogen-bond donors (Lipinski definition) is 0. The second-order valence-corrected chi connectivity index (χ2v) is 25.0. The molecule has 0 radical (unpaired) electrons. The molecule has 0 unspecified atom stereocenters. The summed E-state index contributed by atoms with van der Waals surface area (Å²) < 4.78 is 14.7. The normalized spacial score (nSPS) is 18.1. The Labute approximate surface area is 520 Å². The van der Waals surface area contributed by atoms with Crippen molar-refractivity contribution in [3.8, 4) is 0 Å². The lowest BCUT2D eigenvalue weighted by molar-refractivity contribution is 0.409. The second-order valence-electron chi connectivity index (χ2n) is 25.0. The molecule has 4 heteroatoms. The molecular formula is C83H98N2O2. The number of furan rings is 2. The minimum Gasteiger partial charge on any atom is -0.454 e. The fourth-order valence-electron chi connectivity index (χ4n) is 14.4. The van der Waals surface area contributed by atoms with Gasteiger partial charge in [0.1, 0.15) is 11.2 Å². The van der Waals surface area contributed by atoms with Crippen molar-refractivity contribution in [3.05, 3.63) is 217 Å². The van der Waals surface area contributed by atoms with E-state index in [1.807, 2.05) is 0 Å². The molecule has 0 atom stereocenters. The van der Waals surface area contributed by atoms with E-state index in [9.17, 15) is 0 Å². The molecule has 2 bridgehead atoms. The van der Waals surface area contributed by atoms with Crippen LogP contribution in [-0.4, -0.2) is 4.90 Å². The monoisotopic (exact) mass is 1150 g/mol. The second kappa shape index (κ2) is 30.4. The van der Waals surface area contributed by atoms with Crippen LogP contribution in [0.3, 0.4) is 0 Å². The molecule has 2 aromatic heterocycles. The number of unbranched alkanes of at least 4 members (excludes halogenated alkanes) is 4. The standard InChI is InChI=1S/C83H98N2O2/c1-10-16-19-20-24-39-67-40-31-45-75-74(42-18-12-3)81(87-82(67)75)61(9)85(69-54-49-64(50-55-69)63(33-13-4)34-14-5)78-57-52-66-51-56-70-60(8)80(66)76(78)43-29-23-30-47-77(70)84(68(15-6)53-48-59(7)62-35-25-21-26-36-62)58-79-72(41-17-11-2)73-46-32-44-71(83(73)86-79)65-37-27-22-28-38-65/h11-12,15,17-18,29-32,40-58,62-63,65H,7-8,10,13-14,16,19-28,33-39H2,1-6,9H3/b17-11-,18-12-,43-29-,47-30-,53-48-,68-15+,72-41-,74-42-,77-70+,79-58-,81-61-. The summed E-state index contributed by atoms with van der Waals surface area (Å²) in [5.74, 6) is 1.51. The smallest absolute Gasteiger partial charge is 0.154 e. The van der Waals surface area contributed by atoms with Crippen LogP contribution < -0.4 is 36.6 Å². The molecule has 0 saturated heterocycles. The topological polar surface area (TPSA) is 32.8 Å². The molecule has 2 fully saturated rings. The fraction of sp³-hybridized carbons (Fsp3) is 0.373. The Hall–Kier alpha value is -7.56. The van der Waals surface area contributed by atoms with E-state index in [-0.39, 0.29) is 0 Å². The van der Waals surface area contributed by atoms with Crippen LogP contribution >= 0.6 is 0 Å². The van der Waals surface area contributed by atoms with Crippen molar-refractivity contribution in [2.75, 3.05) is 4.90 Å². The molecule has 4 nitrogen and oxygen atoms in total. The number of benzene rings is 5. The number of hydrogen-bond acceptors (Lipinski definition) is 4. The van der Waals surface area contributed by atoms with Gasteiger partial charge in [0, 0.05) is 43.4 Å². The van der Waals surface area contributed by atoms with Gasteiger partial charge in [-0.25, -0.2) is 0 Å². The summed E-state index contributed by atoms with van der Waals surface area (Å²) in [7, 11) is 0. The van der Waals surface area contributed by atoms with E-state index in [4.69, 9.17) is 22.0 Å². The zero-order valence-electron chi connectivity index (χ0n) is 53.9. The molecule has 0 N–H and O–H groups in total. The maximum Gasteiger partial charge on any atom is 0.154 e.